The first-order valence-electron chi connectivity index (χ1n) is 6.16. The Bertz CT molecular complexity index is 631. The maximum atomic E-state index is 11.8. The molecule has 0 radical (unpaired) electrons. The van der Waals surface area contributed by atoms with Gasteiger partial charge < -0.3 is 9.26 Å². The van der Waals surface area contributed by atoms with Crippen LogP contribution in [-0.2, 0) is 22.6 Å². The molecule has 20 heavy (non-hydrogen) atoms. The second-order valence-corrected chi connectivity index (χ2v) is 4.45. The maximum Gasteiger partial charge on any atom is 0.310 e. The predicted molar refractivity (Wildman–Crippen MR) is 70.6 cm³/mol. The van der Waals surface area contributed by atoms with E-state index < -0.39 is 0 Å². The van der Waals surface area contributed by atoms with Gasteiger partial charge in [0, 0.05) is 5.56 Å². The standard InChI is InChI=1S/C15H14N2O3/c1-10-14(11(2)20-17-10)7-15(18)19-9-13-5-3-12(8-16)4-6-13/h3-6H,7,9H2,1-2H3. The number of hydrogen-bond acceptors (Lipinski definition) is 5. The molecule has 0 atom stereocenters. The molecule has 1 heterocycles. The Morgan fingerprint density at radius 1 is 1.35 bits per heavy atom. The van der Waals surface area contributed by atoms with Crippen molar-refractivity contribution in [3.8, 4) is 6.07 Å². The zero-order valence-corrected chi connectivity index (χ0v) is 11.3. The first kappa shape index (κ1) is 13.8. The smallest absolute Gasteiger partial charge is 0.310 e. The number of aromatic nitrogens is 1. The minimum atomic E-state index is -0.330. The Morgan fingerprint density at radius 3 is 2.60 bits per heavy atom. The second kappa shape index (κ2) is 6.02. The molecule has 0 unspecified atom stereocenters. The van der Waals surface area contributed by atoms with Crippen LogP contribution in [-0.4, -0.2) is 11.1 Å². The zero-order valence-electron chi connectivity index (χ0n) is 11.3. The first-order chi connectivity index (χ1) is 9.60. The molecule has 1 aromatic heterocycles. The minimum Gasteiger partial charge on any atom is -0.461 e. The molecule has 2 aromatic rings. The largest absolute Gasteiger partial charge is 0.461 e. The fourth-order valence-corrected chi connectivity index (χ4v) is 1.79. The van der Waals surface area contributed by atoms with Gasteiger partial charge in [-0.1, -0.05) is 17.3 Å². The van der Waals surface area contributed by atoms with E-state index >= 15 is 0 Å². The molecular formula is C15H14N2O3. The molecule has 5 nitrogen and oxygen atoms in total. The summed E-state index contributed by atoms with van der Waals surface area (Å²) in [5, 5.41) is 12.5. The Morgan fingerprint density at radius 2 is 2.05 bits per heavy atom. The van der Waals surface area contributed by atoms with Crippen LogP contribution in [0, 0.1) is 25.2 Å². The summed E-state index contributed by atoms with van der Waals surface area (Å²) < 4.78 is 10.2. The van der Waals surface area contributed by atoms with Gasteiger partial charge in [-0.3, -0.25) is 4.79 Å². The molecule has 0 saturated heterocycles. The van der Waals surface area contributed by atoms with Crippen LogP contribution in [0.3, 0.4) is 0 Å². The first-order valence-corrected chi connectivity index (χ1v) is 6.16. The summed E-state index contributed by atoms with van der Waals surface area (Å²) in [5.74, 6) is 0.307. The molecular weight excluding hydrogens is 256 g/mol. The third-order valence-electron chi connectivity index (χ3n) is 2.99. The van der Waals surface area contributed by atoms with Crippen LogP contribution in [0.4, 0.5) is 0 Å². The fraction of sp³-hybridized carbons (Fsp3) is 0.267. The van der Waals surface area contributed by atoms with Crippen molar-refractivity contribution < 1.29 is 14.1 Å². The van der Waals surface area contributed by atoms with Gasteiger partial charge in [-0.25, -0.2) is 0 Å². The van der Waals surface area contributed by atoms with Crippen LogP contribution in [0.15, 0.2) is 28.8 Å². The number of nitrogens with zero attached hydrogens (tertiary/aromatic N) is 2. The van der Waals surface area contributed by atoms with E-state index in [0.717, 1.165) is 11.1 Å². The zero-order chi connectivity index (χ0) is 14.5. The van der Waals surface area contributed by atoms with Crippen molar-refractivity contribution in [1.29, 1.82) is 5.26 Å². The summed E-state index contributed by atoms with van der Waals surface area (Å²) in [5.41, 5.74) is 2.90. The highest BCUT2D eigenvalue weighted by Crippen LogP contribution is 2.14. The van der Waals surface area contributed by atoms with Crippen molar-refractivity contribution in [1.82, 2.24) is 5.16 Å². The molecule has 0 aliphatic carbocycles. The van der Waals surface area contributed by atoms with E-state index in [4.69, 9.17) is 14.5 Å². The van der Waals surface area contributed by atoms with Crippen LogP contribution in [0.25, 0.3) is 0 Å². The van der Waals surface area contributed by atoms with Crippen LogP contribution < -0.4 is 0 Å². The number of nitriles is 1. The summed E-state index contributed by atoms with van der Waals surface area (Å²) in [6.07, 6.45) is 0.150. The van der Waals surface area contributed by atoms with Gasteiger partial charge in [-0.2, -0.15) is 5.26 Å². The average molecular weight is 270 g/mol. The van der Waals surface area contributed by atoms with Gasteiger partial charge >= 0.3 is 5.97 Å². The van der Waals surface area contributed by atoms with Crippen molar-refractivity contribution in [3.05, 3.63) is 52.4 Å². The molecule has 5 heteroatoms. The van der Waals surface area contributed by atoms with Crippen molar-refractivity contribution in [2.75, 3.05) is 0 Å². The summed E-state index contributed by atoms with van der Waals surface area (Å²) in [7, 11) is 0. The SMILES string of the molecule is Cc1noc(C)c1CC(=O)OCc1ccc(C#N)cc1. The maximum absolute atomic E-state index is 11.8. The van der Waals surface area contributed by atoms with Crippen molar-refractivity contribution in [3.63, 3.8) is 0 Å². The average Bonchev–Trinajstić information content (AvgIpc) is 2.77. The minimum absolute atomic E-state index is 0.150. The van der Waals surface area contributed by atoms with E-state index in [9.17, 15) is 4.79 Å². The number of aryl methyl sites for hydroxylation is 2. The number of hydrogen-bond donors (Lipinski definition) is 0. The normalized spacial score (nSPS) is 10.1. The van der Waals surface area contributed by atoms with E-state index in [0.29, 0.717) is 17.0 Å². The summed E-state index contributed by atoms with van der Waals surface area (Å²) in [4.78, 5) is 11.8. The third kappa shape index (κ3) is 3.23. The van der Waals surface area contributed by atoms with Crippen LogP contribution in [0.2, 0.25) is 0 Å². The second-order valence-electron chi connectivity index (χ2n) is 4.45. The van der Waals surface area contributed by atoms with Crippen LogP contribution in [0.5, 0.6) is 0 Å². The lowest BCUT2D eigenvalue weighted by atomic mass is 10.1. The Kier molecular flexibility index (Phi) is 4.16. The lowest BCUT2D eigenvalue weighted by Gasteiger charge is -2.05. The molecule has 0 bridgehead atoms. The highest BCUT2D eigenvalue weighted by atomic mass is 16.5. The molecule has 102 valence electrons. The quantitative estimate of drug-likeness (QED) is 0.797. The number of carbonyl (C=O) groups excluding carboxylic acids is 1. The highest BCUT2D eigenvalue weighted by molar-refractivity contribution is 5.73. The lowest BCUT2D eigenvalue weighted by molar-refractivity contribution is -0.144. The molecule has 1 aromatic carbocycles. The van der Waals surface area contributed by atoms with E-state index in [1.54, 1.807) is 38.1 Å². The Hall–Kier alpha value is -2.61. The number of carbonyl (C=O) groups is 1. The topological polar surface area (TPSA) is 76.1 Å². The Labute approximate surface area is 116 Å². The molecule has 0 spiro atoms. The highest BCUT2D eigenvalue weighted by Gasteiger charge is 2.14. The molecule has 0 saturated carbocycles. The molecule has 2 rings (SSSR count). The summed E-state index contributed by atoms with van der Waals surface area (Å²) >= 11 is 0. The molecule has 0 aliphatic rings. The van der Waals surface area contributed by atoms with Gasteiger partial charge in [0.2, 0.25) is 0 Å². The van der Waals surface area contributed by atoms with Crippen molar-refractivity contribution in [2.24, 2.45) is 0 Å². The van der Waals surface area contributed by atoms with Gasteiger partial charge in [0.05, 0.1) is 23.7 Å². The van der Waals surface area contributed by atoms with Crippen molar-refractivity contribution in [2.45, 2.75) is 26.9 Å². The van der Waals surface area contributed by atoms with E-state index in [1.165, 1.54) is 0 Å². The molecule has 0 amide bonds. The molecule has 0 N–H and O–H groups in total. The fourth-order valence-electron chi connectivity index (χ4n) is 1.79. The number of rotatable bonds is 4. The Balaban J connectivity index is 1.91. The van der Waals surface area contributed by atoms with Gasteiger partial charge in [0.1, 0.15) is 12.4 Å². The predicted octanol–water partition coefficient (Wildman–Crippen LogP) is 2.45. The van der Waals surface area contributed by atoms with E-state index in [-0.39, 0.29) is 19.0 Å². The van der Waals surface area contributed by atoms with E-state index in [2.05, 4.69) is 5.16 Å². The molecule has 0 aliphatic heterocycles. The monoisotopic (exact) mass is 270 g/mol. The van der Waals surface area contributed by atoms with E-state index in [1.807, 2.05) is 6.07 Å². The lowest BCUT2D eigenvalue weighted by Crippen LogP contribution is -2.09. The van der Waals surface area contributed by atoms with Gasteiger partial charge in [-0.15, -0.1) is 0 Å². The van der Waals surface area contributed by atoms with Crippen LogP contribution in [0.1, 0.15) is 28.1 Å². The molecule has 0 fully saturated rings. The van der Waals surface area contributed by atoms with Crippen LogP contribution >= 0.6 is 0 Å². The number of benzene rings is 1. The van der Waals surface area contributed by atoms with Gasteiger partial charge in [-0.05, 0) is 31.5 Å². The summed E-state index contributed by atoms with van der Waals surface area (Å²) in [6, 6.07) is 8.95. The third-order valence-corrected chi connectivity index (χ3v) is 2.99. The number of ether oxygens (including phenoxy) is 1. The van der Waals surface area contributed by atoms with Gasteiger partial charge in [0.25, 0.3) is 0 Å². The van der Waals surface area contributed by atoms with Gasteiger partial charge in [0.15, 0.2) is 0 Å². The number of esters is 1. The summed E-state index contributed by atoms with van der Waals surface area (Å²) in [6.45, 7) is 3.75. The van der Waals surface area contributed by atoms with Crippen molar-refractivity contribution >= 4 is 5.97 Å².